The molecule has 2 aliphatic rings. The molecule has 0 spiro atoms. The average Bonchev–Trinajstić information content (AvgIpc) is 2.75. The first-order valence-corrected chi connectivity index (χ1v) is 7.81. The topological polar surface area (TPSA) is 32.7 Å². The first-order chi connectivity index (χ1) is 9.20. The molecule has 2 bridgehead atoms. The predicted molar refractivity (Wildman–Crippen MR) is 78.1 cm³/mol. The van der Waals surface area contributed by atoms with E-state index in [1.165, 1.54) is 12.8 Å². The van der Waals surface area contributed by atoms with Gasteiger partial charge in [-0.1, -0.05) is 28.1 Å². The van der Waals surface area contributed by atoms with Crippen LogP contribution in [0.15, 0.2) is 28.7 Å². The third-order valence-electron chi connectivity index (χ3n) is 4.07. The van der Waals surface area contributed by atoms with Gasteiger partial charge in [-0.3, -0.25) is 4.90 Å². The first kappa shape index (κ1) is 13.6. The molecular formula is C15H20BrNO2. The first-order valence-electron chi connectivity index (χ1n) is 7.02. The summed E-state index contributed by atoms with van der Waals surface area (Å²) in [6.07, 6.45) is 3.68. The van der Waals surface area contributed by atoms with Crippen LogP contribution in [0, 0.1) is 0 Å². The van der Waals surface area contributed by atoms with Gasteiger partial charge in [0.15, 0.2) is 0 Å². The minimum Gasteiger partial charge on any atom is -0.388 e. The van der Waals surface area contributed by atoms with E-state index in [2.05, 4.69) is 20.8 Å². The van der Waals surface area contributed by atoms with Crippen LogP contribution in [0.2, 0.25) is 0 Å². The Kier molecular flexibility index (Phi) is 4.22. The van der Waals surface area contributed by atoms with Crippen molar-refractivity contribution >= 4 is 15.9 Å². The van der Waals surface area contributed by atoms with Crippen LogP contribution in [0.5, 0.6) is 0 Å². The summed E-state index contributed by atoms with van der Waals surface area (Å²) in [5.41, 5.74) is 0.991. The summed E-state index contributed by atoms with van der Waals surface area (Å²) in [6, 6.07) is 7.93. The van der Waals surface area contributed by atoms with Gasteiger partial charge in [-0.05, 0) is 37.0 Å². The maximum atomic E-state index is 10.2. The highest BCUT2D eigenvalue weighted by Crippen LogP contribution is 2.27. The minimum absolute atomic E-state index is 0.377. The number of fused-ring (bicyclic) bond motifs is 2. The van der Waals surface area contributed by atoms with E-state index >= 15 is 0 Å². The van der Waals surface area contributed by atoms with Crippen LogP contribution in [0.25, 0.3) is 0 Å². The van der Waals surface area contributed by atoms with E-state index in [0.717, 1.165) is 36.1 Å². The number of halogens is 1. The number of hydrogen-bond donors (Lipinski definition) is 1. The number of ether oxygens (including phenoxy) is 1. The summed E-state index contributed by atoms with van der Waals surface area (Å²) < 4.78 is 6.85. The number of hydrogen-bond acceptors (Lipinski definition) is 3. The van der Waals surface area contributed by atoms with Gasteiger partial charge in [-0.2, -0.15) is 0 Å². The molecule has 1 aromatic rings. The number of morpholine rings is 1. The summed E-state index contributed by atoms with van der Waals surface area (Å²) in [5.74, 6) is 0. The van der Waals surface area contributed by atoms with Crippen molar-refractivity contribution in [1.29, 1.82) is 0 Å². The molecule has 4 heteroatoms. The molecule has 3 nitrogen and oxygen atoms in total. The van der Waals surface area contributed by atoms with Gasteiger partial charge >= 0.3 is 0 Å². The second-order valence-corrected chi connectivity index (χ2v) is 6.49. The normalized spacial score (nSPS) is 28.5. The van der Waals surface area contributed by atoms with Crippen molar-refractivity contribution in [2.45, 2.75) is 37.6 Å². The molecule has 3 rings (SSSR count). The average molecular weight is 326 g/mol. The fraction of sp³-hybridized carbons (Fsp3) is 0.600. The monoisotopic (exact) mass is 325 g/mol. The number of likely N-dealkylation sites (tertiary alicyclic amines) is 1. The van der Waals surface area contributed by atoms with Crippen molar-refractivity contribution in [1.82, 2.24) is 4.90 Å². The number of aliphatic hydroxyl groups excluding tert-OH is 1. The molecule has 2 fully saturated rings. The third-order valence-corrected chi connectivity index (χ3v) is 4.56. The largest absolute Gasteiger partial charge is 0.388 e. The Hall–Kier alpha value is -0.420. The predicted octanol–water partition coefficient (Wildman–Crippen LogP) is 2.74. The Labute approximate surface area is 122 Å². The second-order valence-electron chi connectivity index (χ2n) is 5.58. The molecule has 0 saturated carbocycles. The van der Waals surface area contributed by atoms with Gasteiger partial charge in [0.25, 0.3) is 0 Å². The van der Waals surface area contributed by atoms with Crippen LogP contribution in [-0.2, 0) is 4.74 Å². The van der Waals surface area contributed by atoms with Crippen molar-refractivity contribution < 1.29 is 9.84 Å². The Bertz CT molecular complexity index is 428. The van der Waals surface area contributed by atoms with Gasteiger partial charge in [-0.15, -0.1) is 0 Å². The van der Waals surface area contributed by atoms with E-state index in [9.17, 15) is 5.11 Å². The molecule has 2 aliphatic heterocycles. The third kappa shape index (κ3) is 3.37. The van der Waals surface area contributed by atoms with Crippen LogP contribution in [-0.4, -0.2) is 41.8 Å². The van der Waals surface area contributed by atoms with E-state index in [1.807, 2.05) is 24.3 Å². The fourth-order valence-corrected chi connectivity index (χ4v) is 3.48. The second kappa shape index (κ2) is 5.92. The highest BCUT2D eigenvalue weighted by Gasteiger charge is 2.33. The molecule has 0 radical (unpaired) electrons. The number of benzene rings is 1. The molecule has 1 N–H and O–H groups in total. The molecule has 3 unspecified atom stereocenters. The van der Waals surface area contributed by atoms with E-state index < -0.39 is 0 Å². The van der Waals surface area contributed by atoms with E-state index in [-0.39, 0.29) is 6.10 Å². The highest BCUT2D eigenvalue weighted by atomic mass is 79.9. The van der Waals surface area contributed by atoms with E-state index in [0.29, 0.717) is 12.2 Å². The van der Waals surface area contributed by atoms with Crippen LogP contribution >= 0.6 is 15.9 Å². The van der Waals surface area contributed by atoms with E-state index in [4.69, 9.17) is 4.74 Å². The summed E-state index contributed by atoms with van der Waals surface area (Å²) in [7, 11) is 0. The molecule has 3 atom stereocenters. The molecule has 0 aromatic heterocycles. The maximum absolute atomic E-state index is 10.2. The lowest BCUT2D eigenvalue weighted by Gasteiger charge is -2.32. The van der Waals surface area contributed by atoms with Crippen LogP contribution in [0.1, 0.15) is 30.9 Å². The summed E-state index contributed by atoms with van der Waals surface area (Å²) in [6.45, 7) is 3.01. The maximum Gasteiger partial charge on any atom is 0.0802 e. The Morgan fingerprint density at radius 2 is 2.05 bits per heavy atom. The van der Waals surface area contributed by atoms with Crippen molar-refractivity contribution in [2.24, 2.45) is 0 Å². The van der Waals surface area contributed by atoms with Gasteiger partial charge < -0.3 is 9.84 Å². The SMILES string of the molecule is OC(CCN1CC2CCC(C1)O2)c1cccc(Br)c1. The molecule has 2 saturated heterocycles. The number of nitrogens with zero attached hydrogens (tertiary/aromatic N) is 1. The lowest BCUT2D eigenvalue weighted by Crippen LogP contribution is -2.43. The Morgan fingerprint density at radius 1 is 1.32 bits per heavy atom. The van der Waals surface area contributed by atoms with Gasteiger partial charge in [-0.25, -0.2) is 0 Å². The van der Waals surface area contributed by atoms with Crippen LogP contribution in [0.4, 0.5) is 0 Å². The number of aliphatic hydroxyl groups is 1. The van der Waals surface area contributed by atoms with E-state index in [1.54, 1.807) is 0 Å². The van der Waals surface area contributed by atoms with Crippen molar-refractivity contribution in [3.63, 3.8) is 0 Å². The highest BCUT2D eigenvalue weighted by molar-refractivity contribution is 9.10. The quantitative estimate of drug-likeness (QED) is 0.923. The molecule has 104 valence electrons. The Balaban J connectivity index is 1.52. The van der Waals surface area contributed by atoms with Crippen molar-refractivity contribution in [3.05, 3.63) is 34.3 Å². The standard InChI is InChI=1S/C15H20BrNO2/c16-12-3-1-2-11(8-12)15(18)6-7-17-9-13-4-5-14(10-17)19-13/h1-3,8,13-15,18H,4-7,9-10H2. The van der Waals surface area contributed by atoms with Gasteiger partial charge in [0.05, 0.1) is 18.3 Å². The molecule has 0 amide bonds. The lowest BCUT2D eigenvalue weighted by atomic mass is 10.1. The molecule has 2 heterocycles. The van der Waals surface area contributed by atoms with Crippen LogP contribution in [0.3, 0.4) is 0 Å². The van der Waals surface area contributed by atoms with Crippen molar-refractivity contribution in [3.8, 4) is 0 Å². The minimum atomic E-state index is -0.377. The summed E-state index contributed by atoms with van der Waals surface area (Å²) >= 11 is 3.44. The fourth-order valence-electron chi connectivity index (χ4n) is 3.07. The van der Waals surface area contributed by atoms with Gasteiger partial charge in [0, 0.05) is 24.1 Å². The lowest BCUT2D eigenvalue weighted by molar-refractivity contribution is -0.0414. The smallest absolute Gasteiger partial charge is 0.0802 e. The number of rotatable bonds is 4. The van der Waals surface area contributed by atoms with Crippen molar-refractivity contribution in [2.75, 3.05) is 19.6 Å². The van der Waals surface area contributed by atoms with Gasteiger partial charge in [0.2, 0.25) is 0 Å². The molecule has 19 heavy (non-hydrogen) atoms. The molecule has 0 aliphatic carbocycles. The zero-order valence-corrected chi connectivity index (χ0v) is 12.6. The molecule has 1 aromatic carbocycles. The Morgan fingerprint density at radius 3 is 2.74 bits per heavy atom. The van der Waals surface area contributed by atoms with Crippen LogP contribution < -0.4 is 0 Å². The summed E-state index contributed by atoms with van der Waals surface area (Å²) in [5, 5.41) is 10.2. The van der Waals surface area contributed by atoms with Gasteiger partial charge in [0.1, 0.15) is 0 Å². The zero-order chi connectivity index (χ0) is 13.2. The summed E-state index contributed by atoms with van der Waals surface area (Å²) in [4.78, 5) is 2.44. The zero-order valence-electron chi connectivity index (χ0n) is 11.0. The molecular weight excluding hydrogens is 306 g/mol.